The van der Waals surface area contributed by atoms with Crippen LogP contribution in [0.25, 0.3) is 0 Å². The van der Waals surface area contributed by atoms with E-state index in [1.807, 2.05) is 0 Å². The highest BCUT2D eigenvalue weighted by Gasteiger charge is 2.63. The lowest BCUT2D eigenvalue weighted by molar-refractivity contribution is -0.302. The van der Waals surface area contributed by atoms with Crippen LogP contribution in [0.3, 0.4) is 0 Å². The van der Waals surface area contributed by atoms with Crippen LogP contribution in [0, 0.1) is 0 Å². The van der Waals surface area contributed by atoms with Crippen LogP contribution < -0.4 is 0 Å². The summed E-state index contributed by atoms with van der Waals surface area (Å²) in [5.41, 5.74) is -2.58. The number of hydrazone groups is 1. The summed E-state index contributed by atoms with van der Waals surface area (Å²) in [5.74, 6) is -0.968. The summed E-state index contributed by atoms with van der Waals surface area (Å²) in [7, 11) is 0. The number of rotatable bonds is 3. The number of hydrogen-bond acceptors (Lipinski definition) is 4. The van der Waals surface area contributed by atoms with Gasteiger partial charge in [0.15, 0.2) is 0 Å². The fourth-order valence-electron chi connectivity index (χ4n) is 2.58. The van der Waals surface area contributed by atoms with Crippen LogP contribution in [0.15, 0.2) is 58.4 Å². The zero-order valence-corrected chi connectivity index (χ0v) is 14.8. The molecule has 3 rings (SSSR count). The second kappa shape index (κ2) is 6.81. The number of alkyl halides is 3. The predicted octanol–water partition coefficient (Wildman–Crippen LogP) is 3.27. The molecule has 1 aromatic carbocycles. The quantitative estimate of drug-likeness (QED) is 0.817. The van der Waals surface area contributed by atoms with Crippen LogP contribution in [0.4, 0.5) is 13.2 Å². The topological polar surface area (TPSA) is 65.8 Å². The average molecular weight is 428 g/mol. The lowest BCUT2D eigenvalue weighted by Gasteiger charge is -2.32. The molecule has 0 unspecified atom stereocenters. The Bertz CT molecular complexity index is 841. The van der Waals surface area contributed by atoms with Gasteiger partial charge >= 0.3 is 6.18 Å². The SMILES string of the molecule is O=C(Cc1cccnc1)N1N=C(c2ccc(Br)cc2)C[C@]1(O)C(F)(F)F. The van der Waals surface area contributed by atoms with Crippen molar-refractivity contribution < 1.29 is 23.1 Å². The molecule has 0 aliphatic carbocycles. The molecule has 0 spiro atoms. The van der Waals surface area contributed by atoms with Gasteiger partial charge in [0.2, 0.25) is 5.91 Å². The lowest BCUT2D eigenvalue weighted by atomic mass is 10.0. The van der Waals surface area contributed by atoms with Gasteiger partial charge in [-0.15, -0.1) is 0 Å². The van der Waals surface area contributed by atoms with Crippen molar-refractivity contribution in [3.63, 3.8) is 0 Å². The van der Waals surface area contributed by atoms with Crippen LogP contribution >= 0.6 is 15.9 Å². The first kappa shape index (κ1) is 18.5. The van der Waals surface area contributed by atoms with Crippen molar-refractivity contribution in [3.05, 3.63) is 64.4 Å². The van der Waals surface area contributed by atoms with Crippen molar-refractivity contribution in [2.24, 2.45) is 5.10 Å². The van der Waals surface area contributed by atoms with Crippen molar-refractivity contribution >= 4 is 27.5 Å². The first-order valence-corrected chi connectivity index (χ1v) is 8.34. The maximum Gasteiger partial charge on any atom is 0.438 e. The van der Waals surface area contributed by atoms with Crippen molar-refractivity contribution in [1.29, 1.82) is 0 Å². The number of halogens is 4. The van der Waals surface area contributed by atoms with Crippen LogP contribution in [-0.2, 0) is 11.2 Å². The first-order chi connectivity index (χ1) is 12.2. The van der Waals surface area contributed by atoms with Crippen LogP contribution in [0.5, 0.6) is 0 Å². The maximum absolute atomic E-state index is 13.5. The molecule has 0 bridgehead atoms. The number of amides is 1. The number of aromatic nitrogens is 1. The Morgan fingerprint density at radius 2 is 1.96 bits per heavy atom. The van der Waals surface area contributed by atoms with E-state index in [0.717, 1.165) is 4.47 Å². The molecule has 1 aliphatic rings. The van der Waals surface area contributed by atoms with Crippen molar-refractivity contribution in [2.45, 2.75) is 24.7 Å². The van der Waals surface area contributed by atoms with Crippen molar-refractivity contribution in [1.82, 2.24) is 9.99 Å². The van der Waals surface area contributed by atoms with Gasteiger partial charge in [0.25, 0.3) is 5.72 Å². The third-order valence-electron chi connectivity index (χ3n) is 3.93. The minimum absolute atomic E-state index is 0.0168. The second-order valence-electron chi connectivity index (χ2n) is 5.79. The van der Waals surface area contributed by atoms with Gasteiger partial charge in [-0.25, -0.2) is 0 Å². The number of pyridine rings is 1. The van der Waals surface area contributed by atoms with Crippen LogP contribution in [0.2, 0.25) is 0 Å². The van der Waals surface area contributed by atoms with Gasteiger partial charge in [0, 0.05) is 16.9 Å². The van der Waals surface area contributed by atoms with Gasteiger partial charge in [-0.1, -0.05) is 34.1 Å². The largest absolute Gasteiger partial charge is 0.438 e. The van der Waals surface area contributed by atoms with E-state index in [9.17, 15) is 23.1 Å². The van der Waals surface area contributed by atoms with Crippen LogP contribution in [-0.4, -0.2) is 38.6 Å². The molecule has 136 valence electrons. The van der Waals surface area contributed by atoms with Gasteiger partial charge in [-0.3, -0.25) is 9.78 Å². The molecular weight excluding hydrogens is 415 g/mol. The average Bonchev–Trinajstić information content (AvgIpc) is 2.95. The van der Waals surface area contributed by atoms with Gasteiger partial charge in [0.05, 0.1) is 18.6 Å². The molecule has 1 aliphatic heterocycles. The van der Waals surface area contributed by atoms with E-state index in [0.29, 0.717) is 11.1 Å². The van der Waals surface area contributed by atoms with Gasteiger partial charge < -0.3 is 5.11 Å². The highest BCUT2D eigenvalue weighted by atomic mass is 79.9. The van der Waals surface area contributed by atoms with Crippen LogP contribution in [0.1, 0.15) is 17.5 Å². The van der Waals surface area contributed by atoms with E-state index >= 15 is 0 Å². The number of carbonyl (C=O) groups excluding carboxylic acids is 1. The lowest BCUT2D eigenvalue weighted by Crippen LogP contribution is -2.57. The molecule has 9 heteroatoms. The second-order valence-corrected chi connectivity index (χ2v) is 6.70. The zero-order valence-electron chi connectivity index (χ0n) is 13.2. The number of nitrogens with zero attached hydrogens (tertiary/aromatic N) is 3. The molecule has 1 N–H and O–H groups in total. The molecule has 2 heterocycles. The third-order valence-corrected chi connectivity index (χ3v) is 4.46. The molecule has 1 aromatic heterocycles. The molecule has 1 atom stereocenters. The molecule has 0 saturated carbocycles. The normalized spacial score (nSPS) is 20.2. The summed E-state index contributed by atoms with van der Waals surface area (Å²) < 4.78 is 41.3. The minimum atomic E-state index is -5.06. The molecule has 1 amide bonds. The zero-order chi connectivity index (χ0) is 18.9. The summed E-state index contributed by atoms with van der Waals surface area (Å²) in [6, 6.07) is 9.55. The predicted molar refractivity (Wildman–Crippen MR) is 91.1 cm³/mol. The minimum Gasteiger partial charge on any atom is -0.362 e. The highest BCUT2D eigenvalue weighted by molar-refractivity contribution is 9.10. The summed E-state index contributed by atoms with van der Waals surface area (Å²) in [4.78, 5) is 16.3. The molecule has 5 nitrogen and oxygen atoms in total. The van der Waals surface area contributed by atoms with E-state index in [1.165, 1.54) is 12.4 Å². The van der Waals surface area contributed by atoms with E-state index in [1.54, 1.807) is 36.4 Å². The fraction of sp³-hybridized carbons (Fsp3) is 0.235. The highest BCUT2D eigenvalue weighted by Crippen LogP contribution is 2.41. The number of hydrogen-bond donors (Lipinski definition) is 1. The summed E-state index contributed by atoms with van der Waals surface area (Å²) in [6.45, 7) is 0. The number of aliphatic hydroxyl groups is 1. The van der Waals surface area contributed by atoms with Crippen molar-refractivity contribution in [2.75, 3.05) is 0 Å². The van der Waals surface area contributed by atoms with E-state index in [-0.39, 0.29) is 17.1 Å². The smallest absolute Gasteiger partial charge is 0.362 e. The molecule has 0 radical (unpaired) electrons. The maximum atomic E-state index is 13.5. The van der Waals surface area contributed by atoms with E-state index < -0.39 is 24.2 Å². The summed E-state index contributed by atoms with van der Waals surface area (Å²) >= 11 is 3.24. The number of benzene rings is 1. The molecular formula is C17H13BrF3N3O2. The molecule has 0 saturated heterocycles. The monoisotopic (exact) mass is 427 g/mol. The summed E-state index contributed by atoms with van der Waals surface area (Å²) in [6.07, 6.45) is -3.39. The Balaban J connectivity index is 1.94. The fourth-order valence-corrected chi connectivity index (χ4v) is 2.85. The first-order valence-electron chi connectivity index (χ1n) is 7.55. The van der Waals surface area contributed by atoms with E-state index in [4.69, 9.17) is 0 Å². The molecule has 26 heavy (non-hydrogen) atoms. The standard InChI is InChI=1S/C17H13BrF3N3O2/c18-13-5-3-12(4-6-13)14-9-16(26,17(19,20)21)24(23-14)15(25)8-11-2-1-7-22-10-11/h1-7,10,26H,8-9H2/t16-/m0/s1. The van der Waals surface area contributed by atoms with Gasteiger partial charge in [-0.2, -0.15) is 23.3 Å². The Morgan fingerprint density at radius 1 is 1.27 bits per heavy atom. The Kier molecular flexibility index (Phi) is 4.85. The van der Waals surface area contributed by atoms with Gasteiger partial charge in [0.1, 0.15) is 0 Å². The Morgan fingerprint density at radius 3 is 2.54 bits per heavy atom. The Hall–Kier alpha value is -2.26. The summed E-state index contributed by atoms with van der Waals surface area (Å²) in [5, 5.41) is 14.2. The third kappa shape index (κ3) is 3.49. The molecule has 0 fully saturated rings. The van der Waals surface area contributed by atoms with Gasteiger partial charge in [-0.05, 0) is 29.3 Å². The van der Waals surface area contributed by atoms with E-state index in [2.05, 4.69) is 26.0 Å². The van der Waals surface area contributed by atoms with Crippen molar-refractivity contribution in [3.8, 4) is 0 Å². The Labute approximate surface area is 155 Å². The number of carbonyl (C=O) groups is 1. The molecule has 2 aromatic rings.